The van der Waals surface area contributed by atoms with Gasteiger partial charge < -0.3 is 9.84 Å². The fourth-order valence-electron chi connectivity index (χ4n) is 2.60. The number of sulfonamides is 1. The summed E-state index contributed by atoms with van der Waals surface area (Å²) in [5.74, 6) is -1.89. The van der Waals surface area contributed by atoms with Gasteiger partial charge in [0.1, 0.15) is 0 Å². The number of carbonyl (C=O) groups excluding carboxylic acids is 1. The molecule has 1 aromatic carbocycles. The Morgan fingerprint density at radius 3 is 2.73 bits per heavy atom. The molecular weight excluding hydrogens is 438 g/mol. The lowest BCUT2D eigenvalue weighted by molar-refractivity contribution is -0.121. The zero-order valence-corrected chi connectivity index (χ0v) is 17.5. The van der Waals surface area contributed by atoms with Crippen LogP contribution in [0.3, 0.4) is 0 Å². The highest BCUT2D eigenvalue weighted by atomic mass is 32.2. The summed E-state index contributed by atoms with van der Waals surface area (Å²) in [7, 11) is -3.74. The van der Waals surface area contributed by atoms with E-state index in [4.69, 9.17) is 4.52 Å². The maximum Gasteiger partial charge on any atom is 0.246 e. The highest BCUT2D eigenvalue weighted by Gasteiger charge is 2.19. The zero-order valence-electron chi connectivity index (χ0n) is 15.8. The molecule has 0 aliphatic rings. The lowest BCUT2D eigenvalue weighted by atomic mass is 10.2. The number of aromatic nitrogens is 2. The molecule has 0 aliphatic carbocycles. The molecule has 0 saturated carbocycles. The van der Waals surface area contributed by atoms with Gasteiger partial charge in [-0.3, -0.25) is 9.10 Å². The number of anilines is 1. The van der Waals surface area contributed by atoms with E-state index in [0.29, 0.717) is 5.82 Å². The monoisotopic (exact) mass is 456 g/mol. The van der Waals surface area contributed by atoms with E-state index in [1.807, 2.05) is 17.5 Å². The third-order valence-corrected chi connectivity index (χ3v) is 6.06. The van der Waals surface area contributed by atoms with Crippen molar-refractivity contribution >= 4 is 33.0 Å². The molecular formula is C18H18F2N4O4S2. The number of benzene rings is 1. The van der Waals surface area contributed by atoms with E-state index in [0.717, 1.165) is 27.6 Å². The fourth-order valence-corrected chi connectivity index (χ4v) is 4.21. The average molecular weight is 456 g/mol. The Labute approximate surface area is 175 Å². The molecule has 3 rings (SSSR count). The summed E-state index contributed by atoms with van der Waals surface area (Å²) < 4.78 is 56.6. The first kappa shape index (κ1) is 21.8. The maximum atomic E-state index is 13.5. The minimum absolute atomic E-state index is 0.0104. The maximum absolute atomic E-state index is 13.5. The van der Waals surface area contributed by atoms with Crippen molar-refractivity contribution in [2.75, 3.05) is 17.1 Å². The highest BCUT2D eigenvalue weighted by Crippen LogP contribution is 2.22. The van der Waals surface area contributed by atoms with Gasteiger partial charge in [0.2, 0.25) is 27.6 Å². The molecule has 1 amide bonds. The molecule has 0 atom stereocenters. The number of nitrogens with zero attached hydrogens (tertiary/aromatic N) is 3. The molecule has 12 heteroatoms. The Hall–Kier alpha value is -2.86. The molecule has 2 heterocycles. The van der Waals surface area contributed by atoms with Crippen LogP contribution in [0.1, 0.15) is 18.7 Å². The molecule has 160 valence electrons. The standard InChI is InChI=1S/C18H18F2N4O4S2/c1-30(26,27)24(12-6-7-13(19)14(20)10-12)8-2-5-16(25)21-11-17-22-18(23-28-17)15-4-3-9-29-15/h3-4,6-7,9-10H,2,5,8,11H2,1H3,(H,21,25). The smallest absolute Gasteiger partial charge is 0.246 e. The largest absolute Gasteiger partial charge is 0.347 e. The van der Waals surface area contributed by atoms with Crippen molar-refractivity contribution in [3.05, 3.63) is 53.2 Å². The second-order valence-corrected chi connectivity index (χ2v) is 9.16. The molecule has 1 N–H and O–H groups in total. The van der Waals surface area contributed by atoms with Gasteiger partial charge in [-0.25, -0.2) is 17.2 Å². The molecule has 0 spiro atoms. The molecule has 0 aliphatic heterocycles. The number of thiophene rings is 1. The summed E-state index contributed by atoms with van der Waals surface area (Å²) in [6.07, 6.45) is 1.14. The summed E-state index contributed by atoms with van der Waals surface area (Å²) in [6.45, 7) is -0.0312. The number of rotatable bonds is 9. The van der Waals surface area contributed by atoms with Crippen LogP contribution in [-0.2, 0) is 21.4 Å². The van der Waals surface area contributed by atoms with Crippen molar-refractivity contribution in [2.45, 2.75) is 19.4 Å². The molecule has 0 fully saturated rings. The van der Waals surface area contributed by atoms with Gasteiger partial charge in [-0.1, -0.05) is 11.2 Å². The highest BCUT2D eigenvalue weighted by molar-refractivity contribution is 7.92. The Balaban J connectivity index is 1.51. The SMILES string of the molecule is CS(=O)(=O)N(CCCC(=O)NCc1nc(-c2cccs2)no1)c1ccc(F)c(F)c1. The van der Waals surface area contributed by atoms with E-state index in [-0.39, 0.29) is 43.4 Å². The minimum atomic E-state index is -3.74. The van der Waals surface area contributed by atoms with Crippen LogP contribution in [0.2, 0.25) is 0 Å². The molecule has 8 nitrogen and oxygen atoms in total. The second kappa shape index (κ2) is 9.30. The quantitative estimate of drug-likeness (QED) is 0.531. The van der Waals surface area contributed by atoms with Gasteiger partial charge in [-0.15, -0.1) is 11.3 Å². The van der Waals surface area contributed by atoms with Crippen LogP contribution in [-0.4, -0.2) is 37.3 Å². The summed E-state index contributed by atoms with van der Waals surface area (Å²) >= 11 is 1.46. The minimum Gasteiger partial charge on any atom is -0.347 e. The first-order valence-corrected chi connectivity index (χ1v) is 11.5. The summed E-state index contributed by atoms with van der Waals surface area (Å²) in [4.78, 5) is 17.1. The molecule has 3 aromatic rings. The van der Waals surface area contributed by atoms with Crippen LogP contribution in [0.5, 0.6) is 0 Å². The topological polar surface area (TPSA) is 105 Å². The van der Waals surface area contributed by atoms with Crippen molar-refractivity contribution in [2.24, 2.45) is 0 Å². The molecule has 0 saturated heterocycles. The first-order chi connectivity index (χ1) is 14.2. The number of hydrogen-bond donors (Lipinski definition) is 1. The van der Waals surface area contributed by atoms with Crippen LogP contribution < -0.4 is 9.62 Å². The predicted octanol–water partition coefficient (Wildman–Crippen LogP) is 2.94. The summed E-state index contributed by atoms with van der Waals surface area (Å²) in [5.41, 5.74) is -0.0104. The van der Waals surface area contributed by atoms with Crippen LogP contribution in [0, 0.1) is 11.6 Å². The number of hydrogen-bond acceptors (Lipinski definition) is 7. The average Bonchev–Trinajstić information content (AvgIpc) is 3.36. The number of carbonyl (C=O) groups is 1. The van der Waals surface area contributed by atoms with E-state index in [1.165, 1.54) is 17.4 Å². The molecule has 0 bridgehead atoms. The van der Waals surface area contributed by atoms with Gasteiger partial charge >= 0.3 is 0 Å². The van der Waals surface area contributed by atoms with Gasteiger partial charge in [-0.05, 0) is 30.0 Å². The third-order valence-electron chi connectivity index (χ3n) is 4.00. The normalized spacial score (nSPS) is 11.4. The van der Waals surface area contributed by atoms with E-state index < -0.39 is 21.7 Å². The fraction of sp³-hybridized carbons (Fsp3) is 0.278. The third kappa shape index (κ3) is 5.60. The van der Waals surface area contributed by atoms with Crippen LogP contribution in [0.25, 0.3) is 10.7 Å². The van der Waals surface area contributed by atoms with Crippen molar-refractivity contribution in [3.8, 4) is 10.7 Å². The van der Waals surface area contributed by atoms with Crippen molar-refractivity contribution in [3.63, 3.8) is 0 Å². The van der Waals surface area contributed by atoms with Crippen LogP contribution in [0.15, 0.2) is 40.2 Å². The van der Waals surface area contributed by atoms with E-state index in [2.05, 4.69) is 15.5 Å². The number of nitrogens with one attached hydrogen (secondary N) is 1. The van der Waals surface area contributed by atoms with Gasteiger partial charge in [-0.2, -0.15) is 4.98 Å². The Bertz CT molecular complexity index is 1120. The van der Waals surface area contributed by atoms with Crippen LogP contribution in [0.4, 0.5) is 14.5 Å². The van der Waals surface area contributed by atoms with Crippen LogP contribution >= 0.6 is 11.3 Å². The zero-order chi connectivity index (χ0) is 21.7. The van der Waals surface area contributed by atoms with Gasteiger partial charge in [0.05, 0.1) is 23.4 Å². The van der Waals surface area contributed by atoms with E-state index in [1.54, 1.807) is 0 Å². The molecule has 0 radical (unpaired) electrons. The lowest BCUT2D eigenvalue weighted by Crippen LogP contribution is -2.32. The van der Waals surface area contributed by atoms with Gasteiger partial charge in [0.25, 0.3) is 0 Å². The van der Waals surface area contributed by atoms with Gasteiger partial charge in [0.15, 0.2) is 11.6 Å². The summed E-state index contributed by atoms with van der Waals surface area (Å²) in [5, 5.41) is 8.34. The molecule has 30 heavy (non-hydrogen) atoms. The number of halogens is 2. The van der Waals surface area contributed by atoms with Crippen molar-refractivity contribution < 1.29 is 26.5 Å². The predicted molar refractivity (Wildman–Crippen MR) is 107 cm³/mol. The van der Waals surface area contributed by atoms with E-state index >= 15 is 0 Å². The number of amides is 1. The van der Waals surface area contributed by atoms with Gasteiger partial charge in [0, 0.05) is 19.0 Å². The lowest BCUT2D eigenvalue weighted by Gasteiger charge is -2.22. The first-order valence-electron chi connectivity index (χ1n) is 8.80. The Morgan fingerprint density at radius 1 is 1.27 bits per heavy atom. The van der Waals surface area contributed by atoms with Crippen molar-refractivity contribution in [1.29, 1.82) is 0 Å². The Kier molecular flexibility index (Phi) is 6.77. The summed E-state index contributed by atoms with van der Waals surface area (Å²) in [6, 6.07) is 6.53. The second-order valence-electron chi connectivity index (χ2n) is 6.30. The molecule has 2 aromatic heterocycles. The molecule has 0 unspecified atom stereocenters. The Morgan fingerprint density at radius 2 is 2.07 bits per heavy atom. The van der Waals surface area contributed by atoms with E-state index in [9.17, 15) is 22.0 Å². The van der Waals surface area contributed by atoms with Crippen molar-refractivity contribution in [1.82, 2.24) is 15.5 Å².